The Hall–Kier alpha value is -1.38. The number of aromatic nitrogens is 3. The highest BCUT2D eigenvalue weighted by Gasteiger charge is 2.00. The lowest BCUT2D eigenvalue weighted by Crippen LogP contribution is -1.90. The number of nitrogens with one attached hydrogen (secondary N) is 1. The van der Waals surface area contributed by atoms with Crippen LogP contribution in [0.5, 0.6) is 0 Å². The highest BCUT2D eigenvalue weighted by Crippen LogP contribution is 2.12. The predicted molar refractivity (Wildman–Crippen MR) is 54.7 cm³/mol. The lowest BCUT2D eigenvalue weighted by Gasteiger charge is -1.95. The Bertz CT molecular complexity index is 390. The van der Waals surface area contributed by atoms with Crippen LogP contribution in [0.1, 0.15) is 25.4 Å². The van der Waals surface area contributed by atoms with Gasteiger partial charge in [-0.1, -0.05) is 13.8 Å². The van der Waals surface area contributed by atoms with Crippen molar-refractivity contribution in [1.29, 1.82) is 0 Å². The van der Waals surface area contributed by atoms with Crippen LogP contribution in [-0.2, 0) is 0 Å². The first-order valence-corrected chi connectivity index (χ1v) is 4.56. The first-order chi connectivity index (χ1) is 6.27. The fraction of sp³-hybridized carbons (Fsp3) is 0.400. The number of fused-ring (bicyclic) bond motifs is 1. The van der Waals surface area contributed by atoms with Crippen LogP contribution in [0.15, 0.2) is 12.3 Å². The van der Waals surface area contributed by atoms with E-state index in [9.17, 15) is 0 Å². The van der Waals surface area contributed by atoms with Crippen LogP contribution < -0.4 is 0 Å². The molecule has 3 nitrogen and oxygen atoms in total. The molecule has 2 aromatic heterocycles. The molecule has 2 aromatic rings. The SMILES string of the molecule is CC.Cc1nc(C)c2cc[nH]c2n1. The van der Waals surface area contributed by atoms with E-state index in [4.69, 9.17) is 0 Å². The monoisotopic (exact) mass is 177 g/mol. The molecule has 3 heteroatoms. The Kier molecular flexibility index (Phi) is 3.01. The van der Waals surface area contributed by atoms with Crippen molar-refractivity contribution in [2.75, 3.05) is 0 Å². The summed E-state index contributed by atoms with van der Waals surface area (Å²) < 4.78 is 0. The van der Waals surface area contributed by atoms with Gasteiger partial charge in [0.2, 0.25) is 0 Å². The molecule has 0 fully saturated rings. The molecule has 0 aliphatic rings. The van der Waals surface area contributed by atoms with Gasteiger partial charge < -0.3 is 4.98 Å². The Morgan fingerprint density at radius 1 is 1.15 bits per heavy atom. The summed E-state index contributed by atoms with van der Waals surface area (Å²) in [6.07, 6.45) is 1.88. The smallest absolute Gasteiger partial charge is 0.141 e. The molecule has 0 unspecified atom stereocenters. The number of aryl methyl sites for hydroxylation is 2. The molecule has 0 aromatic carbocycles. The molecule has 2 heterocycles. The van der Waals surface area contributed by atoms with E-state index in [0.29, 0.717) is 0 Å². The van der Waals surface area contributed by atoms with Gasteiger partial charge in [-0.05, 0) is 19.9 Å². The number of hydrogen-bond donors (Lipinski definition) is 1. The lowest BCUT2D eigenvalue weighted by molar-refractivity contribution is 1.04. The van der Waals surface area contributed by atoms with E-state index < -0.39 is 0 Å². The van der Waals surface area contributed by atoms with Crippen molar-refractivity contribution in [3.05, 3.63) is 23.8 Å². The Labute approximate surface area is 78.2 Å². The van der Waals surface area contributed by atoms with Crippen molar-refractivity contribution in [3.8, 4) is 0 Å². The van der Waals surface area contributed by atoms with Gasteiger partial charge in [0.05, 0.1) is 5.69 Å². The first kappa shape index (κ1) is 9.71. The minimum atomic E-state index is 0.817. The summed E-state index contributed by atoms with van der Waals surface area (Å²) >= 11 is 0. The van der Waals surface area contributed by atoms with Crippen molar-refractivity contribution < 1.29 is 0 Å². The largest absolute Gasteiger partial charge is 0.346 e. The maximum atomic E-state index is 4.24. The molecule has 0 bridgehead atoms. The molecule has 70 valence electrons. The third-order valence-corrected chi connectivity index (χ3v) is 1.72. The number of rotatable bonds is 0. The minimum Gasteiger partial charge on any atom is -0.346 e. The zero-order valence-corrected chi connectivity index (χ0v) is 8.55. The van der Waals surface area contributed by atoms with Crippen molar-refractivity contribution in [1.82, 2.24) is 15.0 Å². The van der Waals surface area contributed by atoms with Crippen LogP contribution in [0.3, 0.4) is 0 Å². The van der Waals surface area contributed by atoms with E-state index in [1.807, 2.05) is 40.0 Å². The molecule has 0 saturated heterocycles. The quantitative estimate of drug-likeness (QED) is 0.672. The summed E-state index contributed by atoms with van der Waals surface area (Å²) in [4.78, 5) is 11.5. The van der Waals surface area contributed by atoms with Gasteiger partial charge >= 0.3 is 0 Å². The van der Waals surface area contributed by atoms with E-state index in [1.165, 1.54) is 0 Å². The molecule has 0 aliphatic heterocycles. The summed E-state index contributed by atoms with van der Waals surface area (Å²) in [5, 5.41) is 1.11. The molecule has 1 N–H and O–H groups in total. The van der Waals surface area contributed by atoms with Crippen LogP contribution in [-0.4, -0.2) is 15.0 Å². The molecule has 0 amide bonds. The zero-order chi connectivity index (χ0) is 9.84. The molecule has 0 spiro atoms. The van der Waals surface area contributed by atoms with E-state index in [-0.39, 0.29) is 0 Å². The lowest BCUT2D eigenvalue weighted by atomic mass is 10.3. The zero-order valence-electron chi connectivity index (χ0n) is 8.55. The van der Waals surface area contributed by atoms with Gasteiger partial charge in [0.25, 0.3) is 0 Å². The van der Waals surface area contributed by atoms with Gasteiger partial charge in [0.1, 0.15) is 11.5 Å². The van der Waals surface area contributed by atoms with Crippen LogP contribution in [0, 0.1) is 13.8 Å². The predicted octanol–water partition coefficient (Wildman–Crippen LogP) is 2.60. The topological polar surface area (TPSA) is 41.6 Å². The van der Waals surface area contributed by atoms with Gasteiger partial charge in [-0.3, -0.25) is 0 Å². The summed E-state index contributed by atoms with van der Waals surface area (Å²) in [6.45, 7) is 7.89. The van der Waals surface area contributed by atoms with Gasteiger partial charge in [0, 0.05) is 11.6 Å². The number of H-pyrrole nitrogens is 1. The van der Waals surface area contributed by atoms with Crippen molar-refractivity contribution >= 4 is 11.0 Å². The van der Waals surface area contributed by atoms with Gasteiger partial charge in [-0.15, -0.1) is 0 Å². The van der Waals surface area contributed by atoms with Crippen LogP contribution in [0.2, 0.25) is 0 Å². The maximum absolute atomic E-state index is 4.24. The van der Waals surface area contributed by atoms with Gasteiger partial charge in [0.15, 0.2) is 0 Å². The summed E-state index contributed by atoms with van der Waals surface area (Å²) in [5.41, 5.74) is 1.96. The van der Waals surface area contributed by atoms with Crippen molar-refractivity contribution in [2.24, 2.45) is 0 Å². The molecule has 0 radical (unpaired) electrons. The standard InChI is InChI=1S/C8H9N3.C2H6/c1-5-7-3-4-9-8(7)11-6(2)10-5;1-2/h3-4H,1-2H3,(H,9,10,11);1-2H3. The minimum absolute atomic E-state index is 0.817. The van der Waals surface area contributed by atoms with E-state index in [1.54, 1.807) is 0 Å². The molecular weight excluding hydrogens is 162 g/mol. The van der Waals surface area contributed by atoms with Crippen LogP contribution in [0.25, 0.3) is 11.0 Å². The number of aromatic amines is 1. The highest BCUT2D eigenvalue weighted by molar-refractivity contribution is 5.77. The van der Waals surface area contributed by atoms with Crippen molar-refractivity contribution in [2.45, 2.75) is 27.7 Å². The summed E-state index contributed by atoms with van der Waals surface area (Å²) in [7, 11) is 0. The summed E-state index contributed by atoms with van der Waals surface area (Å²) in [5.74, 6) is 0.817. The van der Waals surface area contributed by atoms with E-state index in [0.717, 1.165) is 22.6 Å². The average molecular weight is 177 g/mol. The number of hydrogen-bond acceptors (Lipinski definition) is 2. The fourth-order valence-corrected chi connectivity index (χ4v) is 1.23. The normalized spacial score (nSPS) is 9.54. The molecule has 13 heavy (non-hydrogen) atoms. The van der Waals surface area contributed by atoms with Crippen LogP contribution >= 0.6 is 0 Å². The molecule has 2 rings (SSSR count). The third-order valence-electron chi connectivity index (χ3n) is 1.72. The molecule has 0 saturated carbocycles. The Balaban J connectivity index is 0.000000396. The van der Waals surface area contributed by atoms with Gasteiger partial charge in [-0.25, -0.2) is 9.97 Å². The first-order valence-electron chi connectivity index (χ1n) is 4.56. The average Bonchev–Trinajstić information content (AvgIpc) is 2.55. The summed E-state index contributed by atoms with van der Waals surface area (Å²) in [6, 6.07) is 1.99. The molecule has 0 atom stereocenters. The molecule has 0 aliphatic carbocycles. The highest BCUT2D eigenvalue weighted by atomic mass is 14.9. The fourth-order valence-electron chi connectivity index (χ4n) is 1.23. The third kappa shape index (κ3) is 1.86. The Morgan fingerprint density at radius 3 is 2.54 bits per heavy atom. The molecular formula is C10H15N3. The van der Waals surface area contributed by atoms with Gasteiger partial charge in [-0.2, -0.15) is 0 Å². The van der Waals surface area contributed by atoms with Crippen LogP contribution in [0.4, 0.5) is 0 Å². The Morgan fingerprint density at radius 2 is 1.85 bits per heavy atom. The van der Waals surface area contributed by atoms with Crippen molar-refractivity contribution in [3.63, 3.8) is 0 Å². The second-order valence-corrected chi connectivity index (χ2v) is 2.60. The number of nitrogens with zero attached hydrogens (tertiary/aromatic N) is 2. The van der Waals surface area contributed by atoms with E-state index >= 15 is 0 Å². The maximum Gasteiger partial charge on any atom is 0.141 e. The second-order valence-electron chi connectivity index (χ2n) is 2.60. The van der Waals surface area contributed by atoms with E-state index in [2.05, 4.69) is 15.0 Å². The second kappa shape index (κ2) is 4.03.